The Bertz CT molecular complexity index is 483. The van der Waals surface area contributed by atoms with Gasteiger partial charge in [0.15, 0.2) is 0 Å². The fourth-order valence-electron chi connectivity index (χ4n) is 2.05. The zero-order valence-corrected chi connectivity index (χ0v) is 11.4. The molecule has 1 aromatic rings. The molecule has 0 spiro atoms. The van der Waals surface area contributed by atoms with Crippen LogP contribution in [0.25, 0.3) is 0 Å². The Morgan fingerprint density at radius 3 is 2.61 bits per heavy atom. The van der Waals surface area contributed by atoms with E-state index >= 15 is 0 Å². The van der Waals surface area contributed by atoms with E-state index < -0.39 is 11.4 Å². The van der Waals surface area contributed by atoms with Crippen LogP contribution in [-0.2, 0) is 4.79 Å². The smallest absolute Gasteiger partial charge is 0.311 e. The summed E-state index contributed by atoms with van der Waals surface area (Å²) in [5.74, 6) is -1.05. The fraction of sp³-hybridized carbons (Fsp3) is 0.385. The number of carbonyl (C=O) groups is 2. The molecule has 2 rings (SSSR count). The van der Waals surface area contributed by atoms with Crippen LogP contribution in [0.4, 0.5) is 0 Å². The van der Waals surface area contributed by atoms with Gasteiger partial charge in [0.05, 0.1) is 5.41 Å². The molecule has 0 atom stereocenters. The minimum absolute atomic E-state index is 0.202. The molecule has 1 aliphatic carbocycles. The predicted octanol–water partition coefficient (Wildman–Crippen LogP) is 2.43. The third-order valence-corrected chi connectivity index (χ3v) is 3.93. The standard InChI is InChI=1S/C13H14BrNO3/c14-10-4-1-3-9(7-10)11(16)15-8-13(12(17)18)5-2-6-13/h1,3-4,7H,2,5-6,8H2,(H,15,16)(H,17,18). The Kier molecular flexibility index (Phi) is 3.71. The number of carboxylic acid groups (broad SMARTS) is 1. The van der Waals surface area contributed by atoms with E-state index in [0.717, 1.165) is 10.9 Å². The van der Waals surface area contributed by atoms with Crippen LogP contribution < -0.4 is 5.32 Å². The van der Waals surface area contributed by atoms with Crippen molar-refractivity contribution >= 4 is 27.8 Å². The van der Waals surface area contributed by atoms with E-state index in [0.29, 0.717) is 18.4 Å². The fourth-order valence-corrected chi connectivity index (χ4v) is 2.45. The number of halogens is 1. The quantitative estimate of drug-likeness (QED) is 0.897. The molecule has 0 saturated heterocycles. The number of nitrogens with one attached hydrogen (secondary N) is 1. The summed E-state index contributed by atoms with van der Waals surface area (Å²) >= 11 is 3.29. The molecule has 0 aliphatic heterocycles. The molecule has 0 aromatic heterocycles. The van der Waals surface area contributed by atoms with Crippen LogP contribution >= 0.6 is 15.9 Å². The lowest BCUT2D eigenvalue weighted by molar-refractivity contribution is -0.153. The van der Waals surface area contributed by atoms with Gasteiger partial charge in [-0.1, -0.05) is 28.4 Å². The van der Waals surface area contributed by atoms with Crippen molar-refractivity contribution in [3.8, 4) is 0 Å². The van der Waals surface area contributed by atoms with Crippen molar-refractivity contribution in [2.45, 2.75) is 19.3 Å². The van der Waals surface area contributed by atoms with Gasteiger partial charge in [0.2, 0.25) is 0 Å². The van der Waals surface area contributed by atoms with Crippen LogP contribution in [0.15, 0.2) is 28.7 Å². The maximum absolute atomic E-state index is 11.9. The van der Waals surface area contributed by atoms with Crippen molar-refractivity contribution in [3.05, 3.63) is 34.3 Å². The van der Waals surface area contributed by atoms with E-state index in [9.17, 15) is 9.59 Å². The van der Waals surface area contributed by atoms with Gasteiger partial charge in [-0.3, -0.25) is 9.59 Å². The van der Waals surface area contributed by atoms with Gasteiger partial charge in [-0.25, -0.2) is 0 Å². The molecular weight excluding hydrogens is 298 g/mol. The van der Waals surface area contributed by atoms with Crippen LogP contribution in [-0.4, -0.2) is 23.5 Å². The molecular formula is C13H14BrNO3. The lowest BCUT2D eigenvalue weighted by Crippen LogP contribution is -2.47. The van der Waals surface area contributed by atoms with Crippen molar-refractivity contribution in [2.24, 2.45) is 5.41 Å². The Balaban J connectivity index is 1.98. The summed E-state index contributed by atoms with van der Waals surface area (Å²) in [7, 11) is 0. The van der Waals surface area contributed by atoms with Gasteiger partial charge in [0.1, 0.15) is 0 Å². The lowest BCUT2D eigenvalue weighted by Gasteiger charge is -2.37. The first kappa shape index (κ1) is 13.1. The maximum atomic E-state index is 11.9. The first-order chi connectivity index (χ1) is 8.53. The lowest BCUT2D eigenvalue weighted by atomic mass is 9.69. The van der Waals surface area contributed by atoms with Crippen LogP contribution in [0.5, 0.6) is 0 Å². The molecule has 4 nitrogen and oxygen atoms in total. The molecule has 0 unspecified atom stereocenters. The number of carboxylic acids is 1. The number of benzene rings is 1. The first-order valence-electron chi connectivity index (χ1n) is 5.81. The average molecular weight is 312 g/mol. The summed E-state index contributed by atoms with van der Waals surface area (Å²) in [5, 5.41) is 11.9. The third kappa shape index (κ3) is 2.56. The second-order valence-corrected chi connectivity index (χ2v) is 5.55. The van der Waals surface area contributed by atoms with E-state index in [1.165, 1.54) is 0 Å². The summed E-state index contributed by atoms with van der Waals surface area (Å²) in [5.41, 5.74) is -0.217. The van der Waals surface area contributed by atoms with Gasteiger partial charge < -0.3 is 10.4 Å². The Morgan fingerprint density at radius 1 is 1.39 bits per heavy atom. The molecule has 96 valence electrons. The highest BCUT2D eigenvalue weighted by atomic mass is 79.9. The van der Waals surface area contributed by atoms with Crippen molar-refractivity contribution in [2.75, 3.05) is 6.54 Å². The van der Waals surface area contributed by atoms with Crippen LogP contribution in [0.1, 0.15) is 29.6 Å². The van der Waals surface area contributed by atoms with Crippen LogP contribution in [0, 0.1) is 5.41 Å². The zero-order valence-electron chi connectivity index (χ0n) is 9.78. The van der Waals surface area contributed by atoms with E-state index in [1.807, 2.05) is 6.07 Å². The van der Waals surface area contributed by atoms with Gasteiger partial charge in [-0.2, -0.15) is 0 Å². The van der Waals surface area contributed by atoms with E-state index in [4.69, 9.17) is 5.11 Å². The number of hydrogen-bond acceptors (Lipinski definition) is 2. The van der Waals surface area contributed by atoms with Gasteiger partial charge in [-0.15, -0.1) is 0 Å². The number of hydrogen-bond donors (Lipinski definition) is 2. The summed E-state index contributed by atoms with van der Waals surface area (Å²) < 4.78 is 0.826. The maximum Gasteiger partial charge on any atom is 0.311 e. The zero-order chi connectivity index (χ0) is 13.2. The molecule has 0 bridgehead atoms. The van der Waals surface area contributed by atoms with Crippen molar-refractivity contribution in [1.82, 2.24) is 5.32 Å². The Hall–Kier alpha value is -1.36. The van der Waals surface area contributed by atoms with Crippen molar-refractivity contribution in [3.63, 3.8) is 0 Å². The number of aliphatic carboxylic acids is 1. The van der Waals surface area contributed by atoms with E-state index in [-0.39, 0.29) is 12.5 Å². The SMILES string of the molecule is O=C(NCC1(C(=O)O)CCC1)c1cccc(Br)c1. The molecule has 18 heavy (non-hydrogen) atoms. The number of carbonyl (C=O) groups excluding carboxylic acids is 1. The highest BCUT2D eigenvalue weighted by molar-refractivity contribution is 9.10. The summed E-state index contributed by atoms with van der Waals surface area (Å²) in [6, 6.07) is 7.02. The van der Waals surface area contributed by atoms with Gasteiger partial charge in [0.25, 0.3) is 5.91 Å². The number of amides is 1. The van der Waals surface area contributed by atoms with Gasteiger partial charge >= 0.3 is 5.97 Å². The summed E-state index contributed by atoms with van der Waals surface area (Å²) in [6.07, 6.45) is 2.20. The molecule has 0 heterocycles. The molecule has 1 saturated carbocycles. The van der Waals surface area contributed by atoms with Gasteiger partial charge in [-0.05, 0) is 31.0 Å². The van der Waals surface area contributed by atoms with Gasteiger partial charge in [0, 0.05) is 16.6 Å². The molecule has 1 aromatic carbocycles. The second kappa shape index (κ2) is 5.10. The first-order valence-corrected chi connectivity index (χ1v) is 6.60. The van der Waals surface area contributed by atoms with E-state index in [1.54, 1.807) is 18.2 Å². The normalized spacial score (nSPS) is 16.7. The van der Waals surface area contributed by atoms with Crippen LogP contribution in [0.3, 0.4) is 0 Å². The highest BCUT2D eigenvalue weighted by Crippen LogP contribution is 2.40. The Labute approximate surface area is 114 Å². The number of rotatable bonds is 4. The monoisotopic (exact) mass is 311 g/mol. The molecule has 2 N–H and O–H groups in total. The minimum atomic E-state index is -0.816. The average Bonchev–Trinajstić information content (AvgIpc) is 2.26. The molecule has 0 radical (unpaired) electrons. The third-order valence-electron chi connectivity index (χ3n) is 3.44. The molecule has 1 fully saturated rings. The summed E-state index contributed by atoms with van der Waals surface area (Å²) in [4.78, 5) is 23.0. The topological polar surface area (TPSA) is 66.4 Å². The minimum Gasteiger partial charge on any atom is -0.481 e. The van der Waals surface area contributed by atoms with Crippen LogP contribution in [0.2, 0.25) is 0 Å². The molecule has 1 aliphatic rings. The highest BCUT2D eigenvalue weighted by Gasteiger charge is 2.44. The van der Waals surface area contributed by atoms with E-state index in [2.05, 4.69) is 21.2 Å². The second-order valence-electron chi connectivity index (χ2n) is 4.63. The van der Waals surface area contributed by atoms with Crippen molar-refractivity contribution < 1.29 is 14.7 Å². The predicted molar refractivity (Wildman–Crippen MR) is 70.4 cm³/mol. The molecule has 1 amide bonds. The Morgan fingerprint density at radius 2 is 2.11 bits per heavy atom. The molecule has 5 heteroatoms. The summed E-state index contributed by atoms with van der Waals surface area (Å²) in [6.45, 7) is 0.202. The van der Waals surface area contributed by atoms with Crippen molar-refractivity contribution in [1.29, 1.82) is 0 Å². The largest absolute Gasteiger partial charge is 0.481 e.